The van der Waals surface area contributed by atoms with Crippen molar-refractivity contribution in [2.45, 2.75) is 6.10 Å². The van der Waals surface area contributed by atoms with Gasteiger partial charge in [-0.25, -0.2) is 0 Å². The number of aromatic hydroxyl groups is 1. The first-order chi connectivity index (χ1) is 5.65. The van der Waals surface area contributed by atoms with Crippen molar-refractivity contribution in [2.24, 2.45) is 0 Å². The van der Waals surface area contributed by atoms with E-state index in [0.29, 0.717) is 5.56 Å². The van der Waals surface area contributed by atoms with Gasteiger partial charge in [-0.1, -0.05) is 15.9 Å². The van der Waals surface area contributed by atoms with Crippen LogP contribution >= 0.6 is 15.9 Å². The van der Waals surface area contributed by atoms with E-state index in [1.807, 2.05) is 0 Å². The van der Waals surface area contributed by atoms with Gasteiger partial charge in [0.25, 0.3) is 0 Å². The van der Waals surface area contributed by atoms with E-state index in [4.69, 9.17) is 5.11 Å². The molecule has 0 spiro atoms. The average molecular weight is 233 g/mol. The molecule has 1 rings (SSSR count). The van der Waals surface area contributed by atoms with Crippen molar-refractivity contribution < 1.29 is 15.3 Å². The number of rotatable bonds is 2. The number of aliphatic hydroxyl groups excluding tert-OH is 2. The smallest absolute Gasteiger partial charge is 0.121 e. The van der Waals surface area contributed by atoms with Crippen LogP contribution in [0.1, 0.15) is 11.7 Å². The first kappa shape index (κ1) is 9.51. The second kappa shape index (κ2) is 3.89. The number of halogens is 1. The fraction of sp³-hybridized carbons (Fsp3) is 0.250. The maximum atomic E-state index is 9.24. The molecule has 1 unspecified atom stereocenters. The molecule has 3 nitrogen and oxygen atoms in total. The Labute approximate surface area is 78.4 Å². The Morgan fingerprint density at radius 1 is 1.42 bits per heavy atom. The molecule has 0 bridgehead atoms. The summed E-state index contributed by atoms with van der Waals surface area (Å²) in [4.78, 5) is 0. The number of phenols is 1. The third-order valence-electron chi connectivity index (χ3n) is 1.52. The highest BCUT2D eigenvalue weighted by Crippen LogP contribution is 2.26. The summed E-state index contributed by atoms with van der Waals surface area (Å²) in [6, 6.07) is 4.68. The molecule has 12 heavy (non-hydrogen) atoms. The molecule has 4 heteroatoms. The number of phenolic OH excluding ortho intramolecular Hbond substituents is 1. The van der Waals surface area contributed by atoms with Crippen LogP contribution in [0.4, 0.5) is 0 Å². The zero-order valence-corrected chi connectivity index (χ0v) is 7.82. The normalized spacial score (nSPS) is 12.9. The Kier molecular flexibility index (Phi) is 3.08. The summed E-state index contributed by atoms with van der Waals surface area (Å²) in [5.74, 6) is -0.0141. The van der Waals surface area contributed by atoms with Gasteiger partial charge in [0.15, 0.2) is 0 Å². The van der Waals surface area contributed by atoms with Crippen molar-refractivity contribution in [1.29, 1.82) is 0 Å². The lowest BCUT2D eigenvalue weighted by molar-refractivity contribution is 0.0934. The van der Waals surface area contributed by atoms with E-state index in [1.54, 1.807) is 12.1 Å². The highest BCUT2D eigenvalue weighted by Gasteiger charge is 2.10. The molecule has 0 aromatic heterocycles. The van der Waals surface area contributed by atoms with Gasteiger partial charge < -0.3 is 15.3 Å². The first-order valence-electron chi connectivity index (χ1n) is 3.42. The van der Waals surface area contributed by atoms with E-state index in [1.165, 1.54) is 6.07 Å². The van der Waals surface area contributed by atoms with Crippen LogP contribution in [0.5, 0.6) is 5.75 Å². The highest BCUT2D eigenvalue weighted by atomic mass is 79.9. The summed E-state index contributed by atoms with van der Waals surface area (Å²) < 4.78 is 0.753. The Hall–Kier alpha value is -0.580. The third kappa shape index (κ3) is 1.97. The van der Waals surface area contributed by atoms with Gasteiger partial charge in [0.05, 0.1) is 6.61 Å². The second-order valence-corrected chi connectivity index (χ2v) is 3.32. The van der Waals surface area contributed by atoms with Crippen molar-refractivity contribution in [3.63, 3.8) is 0 Å². The molecule has 66 valence electrons. The summed E-state index contributed by atoms with van der Waals surface area (Å²) in [6.07, 6.45) is -1.03. The quantitative estimate of drug-likeness (QED) is 0.718. The summed E-state index contributed by atoms with van der Waals surface area (Å²) in [6.45, 7) is -0.399. The van der Waals surface area contributed by atoms with Crippen molar-refractivity contribution in [2.75, 3.05) is 6.61 Å². The van der Waals surface area contributed by atoms with Crippen LogP contribution in [0, 0.1) is 0 Å². The molecule has 0 aliphatic rings. The van der Waals surface area contributed by atoms with Gasteiger partial charge in [-0.3, -0.25) is 0 Å². The molecule has 0 saturated carbocycles. The van der Waals surface area contributed by atoms with Gasteiger partial charge in [0.1, 0.15) is 11.9 Å². The zero-order chi connectivity index (χ0) is 9.14. The molecule has 0 radical (unpaired) electrons. The van der Waals surface area contributed by atoms with E-state index < -0.39 is 12.7 Å². The predicted octanol–water partition coefficient (Wildman–Crippen LogP) is 1.18. The molecule has 0 aliphatic heterocycles. The van der Waals surface area contributed by atoms with Gasteiger partial charge in [-0.05, 0) is 18.2 Å². The van der Waals surface area contributed by atoms with Crippen LogP contribution in [0.3, 0.4) is 0 Å². The molecule has 1 aromatic rings. The van der Waals surface area contributed by atoms with Crippen LogP contribution in [0.2, 0.25) is 0 Å². The largest absolute Gasteiger partial charge is 0.508 e. The molecule has 3 N–H and O–H groups in total. The van der Waals surface area contributed by atoms with E-state index in [2.05, 4.69) is 15.9 Å². The number of aliphatic hydroxyl groups is 2. The molecule has 0 fully saturated rings. The summed E-state index contributed by atoms with van der Waals surface area (Å²) in [5.41, 5.74) is 0.326. The topological polar surface area (TPSA) is 60.7 Å². The minimum Gasteiger partial charge on any atom is -0.508 e. The van der Waals surface area contributed by atoms with Crippen LogP contribution in [0.15, 0.2) is 22.7 Å². The first-order valence-corrected chi connectivity index (χ1v) is 4.21. The van der Waals surface area contributed by atoms with Gasteiger partial charge in [0.2, 0.25) is 0 Å². The van der Waals surface area contributed by atoms with E-state index in [0.717, 1.165) is 4.47 Å². The number of benzene rings is 1. The van der Waals surface area contributed by atoms with Crippen LogP contribution in [-0.4, -0.2) is 21.9 Å². The molecular formula is C8H9BrO3. The van der Waals surface area contributed by atoms with E-state index in [-0.39, 0.29) is 5.75 Å². The van der Waals surface area contributed by atoms with Gasteiger partial charge in [-0.15, -0.1) is 0 Å². The zero-order valence-electron chi connectivity index (χ0n) is 6.24. The predicted molar refractivity (Wildman–Crippen MR) is 47.9 cm³/mol. The molecule has 1 aromatic carbocycles. The second-order valence-electron chi connectivity index (χ2n) is 2.40. The van der Waals surface area contributed by atoms with Crippen LogP contribution in [0.25, 0.3) is 0 Å². The number of hydrogen-bond donors (Lipinski definition) is 3. The average Bonchev–Trinajstić information content (AvgIpc) is 2.08. The summed E-state index contributed by atoms with van der Waals surface area (Å²) >= 11 is 3.19. The molecule has 0 heterocycles. The standard InChI is InChI=1S/C8H9BrO3/c9-5-1-2-7(11)6(3-5)8(12)4-10/h1-3,8,10-12H,4H2. The van der Waals surface area contributed by atoms with Gasteiger partial charge in [-0.2, -0.15) is 0 Å². The fourth-order valence-electron chi connectivity index (χ4n) is 0.891. The minimum absolute atomic E-state index is 0.0141. The van der Waals surface area contributed by atoms with Crippen molar-refractivity contribution in [1.82, 2.24) is 0 Å². The highest BCUT2D eigenvalue weighted by molar-refractivity contribution is 9.10. The van der Waals surface area contributed by atoms with Gasteiger partial charge >= 0.3 is 0 Å². The Bertz CT molecular complexity index is 275. The van der Waals surface area contributed by atoms with Crippen LogP contribution < -0.4 is 0 Å². The van der Waals surface area contributed by atoms with E-state index >= 15 is 0 Å². The Balaban J connectivity index is 3.04. The molecule has 0 amide bonds. The lowest BCUT2D eigenvalue weighted by Crippen LogP contribution is -2.02. The summed E-state index contributed by atoms with van der Waals surface area (Å²) in [5, 5.41) is 27.1. The lowest BCUT2D eigenvalue weighted by atomic mass is 10.1. The minimum atomic E-state index is -1.03. The molecular weight excluding hydrogens is 224 g/mol. The van der Waals surface area contributed by atoms with Crippen LogP contribution in [-0.2, 0) is 0 Å². The molecule has 1 atom stereocenters. The van der Waals surface area contributed by atoms with Gasteiger partial charge in [0, 0.05) is 10.0 Å². The third-order valence-corrected chi connectivity index (χ3v) is 2.01. The van der Waals surface area contributed by atoms with E-state index in [9.17, 15) is 10.2 Å². The Morgan fingerprint density at radius 3 is 2.67 bits per heavy atom. The fourth-order valence-corrected chi connectivity index (χ4v) is 1.27. The van der Waals surface area contributed by atoms with Crippen molar-refractivity contribution in [3.8, 4) is 5.75 Å². The maximum Gasteiger partial charge on any atom is 0.121 e. The lowest BCUT2D eigenvalue weighted by Gasteiger charge is -2.09. The monoisotopic (exact) mass is 232 g/mol. The maximum absolute atomic E-state index is 9.24. The summed E-state index contributed by atoms with van der Waals surface area (Å²) in [7, 11) is 0. The van der Waals surface area contributed by atoms with Crippen molar-refractivity contribution >= 4 is 15.9 Å². The molecule has 0 aliphatic carbocycles. The SMILES string of the molecule is OCC(O)c1cc(Br)ccc1O. The van der Waals surface area contributed by atoms with Crippen molar-refractivity contribution in [3.05, 3.63) is 28.2 Å². The molecule has 0 saturated heterocycles. The Morgan fingerprint density at radius 2 is 2.08 bits per heavy atom. The number of hydrogen-bond acceptors (Lipinski definition) is 3.